The van der Waals surface area contributed by atoms with E-state index in [2.05, 4.69) is 4.98 Å². The van der Waals surface area contributed by atoms with Crippen LogP contribution in [0.3, 0.4) is 0 Å². The lowest BCUT2D eigenvalue weighted by atomic mass is 10.0. The molecule has 1 unspecified atom stereocenters. The topological polar surface area (TPSA) is 56.4 Å². The molecule has 1 fully saturated rings. The number of fused-ring (bicyclic) bond motifs is 1. The number of nitrogens with zero attached hydrogens (tertiary/aromatic N) is 2. The van der Waals surface area contributed by atoms with E-state index >= 15 is 0 Å². The molecule has 1 aromatic heterocycles. The smallest absolute Gasteiger partial charge is 0.295 e. The normalized spacial score (nSPS) is 17.2. The van der Waals surface area contributed by atoms with Gasteiger partial charge in [-0.05, 0) is 38.1 Å². The van der Waals surface area contributed by atoms with Crippen LogP contribution in [0.1, 0.15) is 23.0 Å². The molecule has 3 aromatic rings. The molecule has 6 heteroatoms. The summed E-state index contributed by atoms with van der Waals surface area (Å²) >= 11 is 0. The van der Waals surface area contributed by atoms with Gasteiger partial charge in [0.1, 0.15) is 5.82 Å². The van der Waals surface area contributed by atoms with Crippen molar-refractivity contribution in [2.75, 3.05) is 24.5 Å². The lowest BCUT2D eigenvalue weighted by Gasteiger charge is -2.40. The lowest BCUT2D eigenvalue weighted by Crippen LogP contribution is -2.55. The Labute approximate surface area is 162 Å². The first-order chi connectivity index (χ1) is 13.5. The van der Waals surface area contributed by atoms with Crippen LogP contribution in [0.15, 0.2) is 48.5 Å². The molecule has 0 spiro atoms. The molecule has 5 nitrogen and oxygen atoms in total. The van der Waals surface area contributed by atoms with Gasteiger partial charge in [0.25, 0.3) is 11.7 Å². The number of Topliss-reactive ketones (excluding diaryl/α,β-unsaturated/α-hetero) is 1. The number of anilines is 1. The van der Waals surface area contributed by atoms with Crippen molar-refractivity contribution < 1.29 is 14.0 Å². The summed E-state index contributed by atoms with van der Waals surface area (Å²) in [4.78, 5) is 32.8. The van der Waals surface area contributed by atoms with Gasteiger partial charge in [-0.3, -0.25) is 9.59 Å². The summed E-state index contributed by atoms with van der Waals surface area (Å²) in [6.45, 7) is 5.25. The third kappa shape index (κ3) is 3.15. The summed E-state index contributed by atoms with van der Waals surface area (Å²) in [5, 5.41) is 0.768. The Morgan fingerprint density at radius 3 is 2.64 bits per heavy atom. The number of para-hydroxylation sites is 1. The first kappa shape index (κ1) is 18.2. The molecule has 4 rings (SSSR count). The number of amides is 1. The van der Waals surface area contributed by atoms with E-state index in [1.165, 1.54) is 12.1 Å². The van der Waals surface area contributed by atoms with Crippen molar-refractivity contribution in [1.29, 1.82) is 0 Å². The Hall–Kier alpha value is -3.15. The van der Waals surface area contributed by atoms with Crippen LogP contribution in [0.4, 0.5) is 10.1 Å². The van der Waals surface area contributed by atoms with E-state index in [-0.39, 0.29) is 11.9 Å². The molecular weight excluding hydrogens is 357 g/mol. The maximum Gasteiger partial charge on any atom is 0.295 e. The van der Waals surface area contributed by atoms with Gasteiger partial charge in [0.15, 0.2) is 0 Å². The second-order valence-electron chi connectivity index (χ2n) is 7.27. The molecule has 1 aliphatic rings. The molecule has 1 amide bonds. The first-order valence-electron chi connectivity index (χ1n) is 9.39. The van der Waals surface area contributed by atoms with Gasteiger partial charge in [-0.15, -0.1) is 0 Å². The summed E-state index contributed by atoms with van der Waals surface area (Å²) in [5.41, 5.74) is 2.78. The highest BCUT2D eigenvalue weighted by Gasteiger charge is 2.33. The highest BCUT2D eigenvalue weighted by molar-refractivity contribution is 6.45. The first-order valence-corrected chi connectivity index (χ1v) is 9.39. The highest BCUT2D eigenvalue weighted by atomic mass is 19.1. The molecule has 1 aliphatic heterocycles. The van der Waals surface area contributed by atoms with Gasteiger partial charge < -0.3 is 14.8 Å². The van der Waals surface area contributed by atoms with Crippen LogP contribution in [0.2, 0.25) is 0 Å². The number of aromatic nitrogens is 1. The minimum atomic E-state index is -0.487. The molecule has 28 heavy (non-hydrogen) atoms. The van der Waals surface area contributed by atoms with Crippen LogP contribution >= 0.6 is 0 Å². The van der Waals surface area contributed by atoms with E-state index in [1.54, 1.807) is 11.0 Å². The van der Waals surface area contributed by atoms with E-state index in [9.17, 15) is 14.0 Å². The van der Waals surface area contributed by atoms with Gasteiger partial charge in [-0.2, -0.15) is 0 Å². The van der Waals surface area contributed by atoms with Crippen LogP contribution in [-0.4, -0.2) is 47.3 Å². The number of hydrogen-bond acceptors (Lipinski definition) is 3. The van der Waals surface area contributed by atoms with Gasteiger partial charge in [0, 0.05) is 48.0 Å². The van der Waals surface area contributed by atoms with Crippen LogP contribution < -0.4 is 4.90 Å². The van der Waals surface area contributed by atoms with Crippen molar-refractivity contribution >= 4 is 28.3 Å². The minimum Gasteiger partial charge on any atom is -0.368 e. The zero-order chi connectivity index (χ0) is 19.8. The minimum absolute atomic E-state index is 0.154. The summed E-state index contributed by atoms with van der Waals surface area (Å²) in [5.74, 6) is -1.26. The monoisotopic (exact) mass is 379 g/mol. The molecule has 0 aliphatic carbocycles. The fraction of sp³-hybridized carbons (Fsp3) is 0.273. The van der Waals surface area contributed by atoms with E-state index < -0.39 is 11.7 Å². The number of H-pyrrole nitrogens is 1. The van der Waals surface area contributed by atoms with Crippen molar-refractivity contribution in [1.82, 2.24) is 9.88 Å². The van der Waals surface area contributed by atoms with E-state index in [0.717, 1.165) is 16.6 Å². The maximum atomic E-state index is 13.5. The zero-order valence-corrected chi connectivity index (χ0v) is 15.9. The molecule has 0 bridgehead atoms. The number of carbonyl (C=O) groups is 2. The number of piperazine rings is 1. The lowest BCUT2D eigenvalue weighted by molar-refractivity contribution is -0.128. The number of benzene rings is 2. The van der Waals surface area contributed by atoms with Crippen LogP contribution in [-0.2, 0) is 4.79 Å². The van der Waals surface area contributed by atoms with Crippen LogP contribution in [0.25, 0.3) is 10.9 Å². The van der Waals surface area contributed by atoms with Crippen molar-refractivity contribution in [3.63, 3.8) is 0 Å². The highest BCUT2D eigenvalue weighted by Crippen LogP contribution is 2.25. The van der Waals surface area contributed by atoms with Crippen molar-refractivity contribution in [3.05, 3.63) is 65.6 Å². The predicted molar refractivity (Wildman–Crippen MR) is 107 cm³/mol. The number of ketones is 1. The number of rotatable bonds is 3. The van der Waals surface area contributed by atoms with Gasteiger partial charge in [-0.25, -0.2) is 4.39 Å². The Morgan fingerprint density at radius 2 is 1.89 bits per heavy atom. The molecular formula is C22H22FN3O2. The van der Waals surface area contributed by atoms with Gasteiger partial charge in [0.05, 0.1) is 5.56 Å². The van der Waals surface area contributed by atoms with Gasteiger partial charge in [0.2, 0.25) is 0 Å². The van der Waals surface area contributed by atoms with Gasteiger partial charge in [-0.1, -0.05) is 24.3 Å². The van der Waals surface area contributed by atoms with Gasteiger partial charge >= 0.3 is 0 Å². The van der Waals surface area contributed by atoms with Crippen molar-refractivity contribution in [3.8, 4) is 0 Å². The molecule has 0 saturated carbocycles. The summed E-state index contributed by atoms with van der Waals surface area (Å²) in [7, 11) is 0. The molecule has 0 radical (unpaired) electrons. The van der Waals surface area contributed by atoms with Crippen LogP contribution in [0.5, 0.6) is 0 Å². The fourth-order valence-corrected chi connectivity index (χ4v) is 3.97. The average Bonchev–Trinajstić information content (AvgIpc) is 3.02. The molecule has 144 valence electrons. The van der Waals surface area contributed by atoms with E-state index in [4.69, 9.17) is 0 Å². The predicted octanol–water partition coefficient (Wildman–Crippen LogP) is 3.54. The number of aryl methyl sites for hydroxylation is 1. The average molecular weight is 379 g/mol. The molecule has 2 aromatic carbocycles. The number of nitrogens with one attached hydrogen (secondary N) is 1. The molecule has 1 atom stereocenters. The Morgan fingerprint density at radius 1 is 1.11 bits per heavy atom. The molecule has 1 N–H and O–H groups in total. The van der Waals surface area contributed by atoms with Crippen molar-refractivity contribution in [2.45, 2.75) is 19.9 Å². The van der Waals surface area contributed by atoms with Crippen LogP contribution in [0, 0.1) is 12.7 Å². The fourth-order valence-electron chi connectivity index (χ4n) is 3.97. The quantitative estimate of drug-likeness (QED) is 0.559. The van der Waals surface area contributed by atoms with E-state index in [1.807, 2.05) is 49.1 Å². The summed E-state index contributed by atoms with van der Waals surface area (Å²) in [6, 6.07) is 13.8. The second-order valence-corrected chi connectivity index (χ2v) is 7.27. The summed E-state index contributed by atoms with van der Waals surface area (Å²) in [6.07, 6.45) is 0. The number of halogens is 1. The number of hydrogen-bond donors (Lipinski definition) is 1. The number of aromatic amines is 1. The van der Waals surface area contributed by atoms with E-state index in [0.29, 0.717) is 30.9 Å². The maximum absolute atomic E-state index is 13.5. The zero-order valence-electron chi connectivity index (χ0n) is 15.9. The Balaban J connectivity index is 1.54. The third-order valence-corrected chi connectivity index (χ3v) is 5.38. The molecule has 1 saturated heterocycles. The SMILES string of the molecule is Cc1[nH]c2ccccc2c1C(=O)C(=O)N1CCN(c2cccc(F)c2)CC1C. The summed E-state index contributed by atoms with van der Waals surface area (Å²) < 4.78 is 13.5. The Bertz CT molecular complexity index is 1060. The third-order valence-electron chi connectivity index (χ3n) is 5.38. The largest absolute Gasteiger partial charge is 0.368 e. The Kier molecular flexibility index (Phi) is 4.63. The molecule has 2 heterocycles. The standard InChI is InChI=1S/C22H22FN3O2/c1-14-13-25(17-7-5-6-16(23)12-17)10-11-26(14)22(28)21(27)20-15(2)24-19-9-4-3-8-18(19)20/h3-9,12,14,24H,10-11,13H2,1-2H3. The second kappa shape index (κ2) is 7.11. The van der Waals surface area contributed by atoms with Crippen molar-refractivity contribution in [2.24, 2.45) is 0 Å². The number of carbonyl (C=O) groups excluding carboxylic acids is 2.